The first-order chi connectivity index (χ1) is 12.3. The van der Waals surface area contributed by atoms with Gasteiger partial charge in [0.25, 0.3) is 10.0 Å². The summed E-state index contributed by atoms with van der Waals surface area (Å²) in [6, 6.07) is 9.66. The van der Waals surface area contributed by atoms with E-state index >= 15 is 0 Å². The second-order valence-corrected chi connectivity index (χ2v) is 7.51. The summed E-state index contributed by atoms with van der Waals surface area (Å²) >= 11 is 0. The highest BCUT2D eigenvalue weighted by Crippen LogP contribution is 2.25. The number of aryl methyl sites for hydroxylation is 1. The molecule has 0 aromatic heterocycles. The lowest BCUT2D eigenvalue weighted by molar-refractivity contribution is -0.121. The number of nitrogens with one attached hydrogen (secondary N) is 3. The second-order valence-electron chi connectivity index (χ2n) is 5.82. The zero-order valence-electron chi connectivity index (χ0n) is 13.6. The van der Waals surface area contributed by atoms with Crippen molar-refractivity contribution in [3.8, 4) is 0 Å². The molecule has 0 saturated heterocycles. The number of sulfonamides is 1. The molecule has 0 atom stereocenters. The van der Waals surface area contributed by atoms with E-state index in [9.17, 15) is 22.4 Å². The van der Waals surface area contributed by atoms with Crippen molar-refractivity contribution < 1.29 is 22.4 Å². The van der Waals surface area contributed by atoms with Crippen molar-refractivity contribution in [2.45, 2.75) is 24.2 Å². The van der Waals surface area contributed by atoms with Crippen LogP contribution in [0.1, 0.15) is 17.5 Å². The van der Waals surface area contributed by atoms with Gasteiger partial charge in [-0.15, -0.1) is 4.83 Å². The molecule has 26 heavy (non-hydrogen) atoms. The van der Waals surface area contributed by atoms with Gasteiger partial charge in [0.2, 0.25) is 11.8 Å². The number of carbonyl (C=O) groups excluding carboxylic acids is 2. The van der Waals surface area contributed by atoms with Crippen molar-refractivity contribution in [2.75, 3.05) is 5.32 Å². The van der Waals surface area contributed by atoms with E-state index in [1.165, 1.54) is 42.5 Å². The first-order valence-corrected chi connectivity index (χ1v) is 9.30. The van der Waals surface area contributed by atoms with E-state index in [1.807, 2.05) is 4.83 Å². The van der Waals surface area contributed by atoms with Gasteiger partial charge in [-0.1, -0.05) is 12.1 Å². The minimum absolute atomic E-state index is 0.0190. The van der Waals surface area contributed by atoms with Gasteiger partial charge in [-0.2, -0.15) is 0 Å². The highest BCUT2D eigenvalue weighted by Gasteiger charge is 2.20. The number of hydrogen-bond acceptors (Lipinski definition) is 4. The third-order valence-electron chi connectivity index (χ3n) is 3.89. The van der Waals surface area contributed by atoms with E-state index in [0.29, 0.717) is 29.7 Å². The molecule has 2 amide bonds. The molecule has 0 bridgehead atoms. The minimum atomic E-state index is -3.96. The molecule has 136 valence electrons. The summed E-state index contributed by atoms with van der Waals surface area (Å²) in [6.45, 7) is 0. The first kappa shape index (κ1) is 18.0. The molecular formula is C17H16FN3O4S. The molecular weight excluding hydrogens is 361 g/mol. The lowest BCUT2D eigenvalue weighted by Gasteiger charge is -2.17. The average molecular weight is 377 g/mol. The van der Waals surface area contributed by atoms with Gasteiger partial charge in [0.15, 0.2) is 0 Å². The van der Waals surface area contributed by atoms with Crippen LogP contribution in [-0.4, -0.2) is 20.2 Å². The summed E-state index contributed by atoms with van der Waals surface area (Å²) in [5.41, 5.74) is 3.98. The van der Waals surface area contributed by atoms with Crippen molar-refractivity contribution in [3.63, 3.8) is 0 Å². The fourth-order valence-corrected chi connectivity index (χ4v) is 3.45. The maximum absolute atomic E-state index is 12.8. The van der Waals surface area contributed by atoms with Gasteiger partial charge in [0.1, 0.15) is 5.82 Å². The van der Waals surface area contributed by atoms with E-state index < -0.39 is 21.7 Å². The number of amides is 2. The van der Waals surface area contributed by atoms with Gasteiger partial charge in [0, 0.05) is 12.1 Å². The van der Waals surface area contributed by atoms with E-state index in [4.69, 9.17) is 0 Å². The highest BCUT2D eigenvalue weighted by atomic mass is 32.2. The Balaban J connectivity index is 1.64. The number of hydrazine groups is 1. The third kappa shape index (κ3) is 4.24. The molecule has 2 aromatic carbocycles. The minimum Gasteiger partial charge on any atom is -0.326 e. The molecule has 9 heteroatoms. The number of fused-ring (bicyclic) bond motifs is 1. The average Bonchev–Trinajstić information content (AvgIpc) is 2.61. The summed E-state index contributed by atoms with van der Waals surface area (Å²) in [5.74, 6) is -1.11. The molecule has 0 spiro atoms. The Bertz CT molecular complexity index is 958. The Hall–Kier alpha value is -2.78. The van der Waals surface area contributed by atoms with Crippen molar-refractivity contribution in [3.05, 3.63) is 59.4 Å². The van der Waals surface area contributed by atoms with Crippen LogP contribution in [0, 0.1) is 5.82 Å². The first-order valence-electron chi connectivity index (χ1n) is 7.81. The molecule has 2 aromatic rings. The number of benzene rings is 2. The molecule has 1 aliphatic rings. The molecule has 0 aliphatic carbocycles. The second kappa shape index (κ2) is 7.22. The standard InChI is InChI=1S/C17H16FN3O4S/c18-13-4-1-11(2-5-13)9-17(23)20-21-26(24,25)14-6-7-15-12(10-14)3-8-16(22)19-15/h1-2,4-7,10,21H,3,8-9H2,(H,19,22)(H,20,23). The molecule has 0 saturated carbocycles. The van der Waals surface area contributed by atoms with Crippen LogP contribution >= 0.6 is 0 Å². The van der Waals surface area contributed by atoms with Crippen molar-refractivity contribution >= 4 is 27.5 Å². The van der Waals surface area contributed by atoms with E-state index in [0.717, 1.165) is 0 Å². The number of hydrogen-bond donors (Lipinski definition) is 3. The van der Waals surface area contributed by atoms with Gasteiger partial charge < -0.3 is 5.32 Å². The molecule has 3 rings (SSSR count). The molecule has 1 heterocycles. The number of halogens is 1. The zero-order chi connectivity index (χ0) is 18.7. The summed E-state index contributed by atoms with van der Waals surface area (Å²) in [4.78, 5) is 25.2. The van der Waals surface area contributed by atoms with Gasteiger partial charge in [-0.05, 0) is 47.9 Å². The van der Waals surface area contributed by atoms with Crippen LogP contribution in [0.2, 0.25) is 0 Å². The van der Waals surface area contributed by atoms with Gasteiger partial charge in [0.05, 0.1) is 11.3 Å². The Kier molecular flexibility index (Phi) is 5.01. The van der Waals surface area contributed by atoms with Crippen molar-refractivity contribution in [2.24, 2.45) is 0 Å². The normalized spacial score (nSPS) is 13.7. The summed E-state index contributed by atoms with van der Waals surface area (Å²) in [6.07, 6.45) is 0.638. The SMILES string of the molecule is O=C(Cc1ccc(F)cc1)NNS(=O)(=O)c1ccc2c(c1)CCC(=O)N2. The van der Waals surface area contributed by atoms with Crippen LogP contribution in [0.3, 0.4) is 0 Å². The highest BCUT2D eigenvalue weighted by molar-refractivity contribution is 7.89. The summed E-state index contributed by atoms with van der Waals surface area (Å²) in [5, 5.41) is 2.67. The number of anilines is 1. The molecule has 3 N–H and O–H groups in total. The molecule has 0 radical (unpaired) electrons. The van der Waals surface area contributed by atoms with Crippen LogP contribution in [0.15, 0.2) is 47.4 Å². The van der Waals surface area contributed by atoms with Crippen LogP contribution in [0.25, 0.3) is 0 Å². The fraction of sp³-hybridized carbons (Fsp3) is 0.176. The largest absolute Gasteiger partial charge is 0.326 e. The van der Waals surface area contributed by atoms with E-state index in [2.05, 4.69) is 10.7 Å². The quantitative estimate of drug-likeness (QED) is 0.683. The van der Waals surface area contributed by atoms with E-state index in [-0.39, 0.29) is 17.2 Å². The fourth-order valence-electron chi connectivity index (χ4n) is 2.54. The maximum Gasteiger partial charge on any atom is 0.257 e. The topological polar surface area (TPSA) is 104 Å². The van der Waals surface area contributed by atoms with Gasteiger partial charge in [-0.3, -0.25) is 15.0 Å². The predicted octanol–water partition coefficient (Wildman–Crippen LogP) is 1.26. The lowest BCUT2D eigenvalue weighted by atomic mass is 10.0. The Labute approximate surface area is 149 Å². The zero-order valence-corrected chi connectivity index (χ0v) is 14.4. The molecule has 7 nitrogen and oxygen atoms in total. The lowest BCUT2D eigenvalue weighted by Crippen LogP contribution is -2.42. The maximum atomic E-state index is 12.8. The summed E-state index contributed by atoms with van der Waals surface area (Å²) in [7, 11) is -3.96. The number of rotatable bonds is 5. The predicted molar refractivity (Wildman–Crippen MR) is 92.0 cm³/mol. The van der Waals surface area contributed by atoms with Crippen LogP contribution in [-0.2, 0) is 32.5 Å². The van der Waals surface area contributed by atoms with Crippen molar-refractivity contribution in [1.29, 1.82) is 0 Å². The van der Waals surface area contributed by atoms with Gasteiger partial charge >= 0.3 is 0 Å². The van der Waals surface area contributed by atoms with E-state index in [1.54, 1.807) is 0 Å². The Morgan fingerprint density at radius 3 is 2.58 bits per heavy atom. The van der Waals surface area contributed by atoms with Crippen LogP contribution in [0.4, 0.5) is 10.1 Å². The van der Waals surface area contributed by atoms with Crippen LogP contribution in [0.5, 0.6) is 0 Å². The van der Waals surface area contributed by atoms with Gasteiger partial charge in [-0.25, -0.2) is 12.8 Å². The Morgan fingerprint density at radius 1 is 1.12 bits per heavy atom. The molecule has 1 aliphatic heterocycles. The number of carbonyl (C=O) groups is 2. The third-order valence-corrected chi connectivity index (χ3v) is 5.13. The molecule has 0 unspecified atom stereocenters. The molecule has 0 fully saturated rings. The van der Waals surface area contributed by atoms with Crippen LogP contribution < -0.4 is 15.6 Å². The summed E-state index contributed by atoms with van der Waals surface area (Å²) < 4.78 is 37.5. The smallest absolute Gasteiger partial charge is 0.257 e. The Morgan fingerprint density at radius 2 is 1.85 bits per heavy atom. The van der Waals surface area contributed by atoms with Crippen molar-refractivity contribution in [1.82, 2.24) is 10.3 Å². The monoisotopic (exact) mass is 377 g/mol.